The quantitative estimate of drug-likeness (QED) is 0.677. The molecule has 2 amide bonds. The van der Waals surface area contributed by atoms with Gasteiger partial charge < -0.3 is 4.74 Å². The highest BCUT2D eigenvalue weighted by atomic mass is 16.5. The molecular weight excluding hydrogens is 318 g/mol. The van der Waals surface area contributed by atoms with Crippen molar-refractivity contribution in [2.75, 3.05) is 6.61 Å². The predicted molar refractivity (Wildman–Crippen MR) is 88.3 cm³/mol. The second-order valence-electron chi connectivity index (χ2n) is 5.76. The van der Waals surface area contributed by atoms with Gasteiger partial charge in [0.05, 0.1) is 18.6 Å². The summed E-state index contributed by atoms with van der Waals surface area (Å²) in [6, 6.07) is 14.0. The van der Waals surface area contributed by atoms with E-state index >= 15 is 0 Å². The minimum absolute atomic E-state index is 0.411. The lowest BCUT2D eigenvalue weighted by molar-refractivity contribution is -0.713. The number of aromatic nitrogens is 1. The highest BCUT2D eigenvalue weighted by Crippen LogP contribution is 2.36. The number of piperidine rings is 1. The molecule has 1 aliphatic heterocycles. The third-order valence-electron chi connectivity index (χ3n) is 4.27. The van der Waals surface area contributed by atoms with Gasteiger partial charge >= 0.3 is 0 Å². The Kier molecular flexibility index (Phi) is 4.75. The van der Waals surface area contributed by atoms with Crippen molar-refractivity contribution >= 4 is 11.8 Å². The van der Waals surface area contributed by atoms with Crippen molar-refractivity contribution < 1.29 is 18.9 Å². The molecule has 1 saturated heterocycles. The van der Waals surface area contributed by atoms with Gasteiger partial charge in [0.25, 0.3) is 5.91 Å². The Hall–Kier alpha value is -3.20. The number of ether oxygens (including phenoxy) is 1. The van der Waals surface area contributed by atoms with Gasteiger partial charge in [-0.1, -0.05) is 18.2 Å². The van der Waals surface area contributed by atoms with Crippen LogP contribution < -0.4 is 14.6 Å². The number of hydrogen-bond donors (Lipinski definition) is 1. The van der Waals surface area contributed by atoms with Gasteiger partial charge in [-0.25, -0.2) is 0 Å². The smallest absolute Gasteiger partial charge is 0.296 e. The number of benzene rings is 1. The number of imide groups is 1. The summed E-state index contributed by atoms with van der Waals surface area (Å²) in [6.07, 6.45) is 3.52. The van der Waals surface area contributed by atoms with E-state index in [1.54, 1.807) is 41.2 Å². The second-order valence-corrected chi connectivity index (χ2v) is 5.76. The number of pyridine rings is 1. The van der Waals surface area contributed by atoms with Crippen LogP contribution in [0.4, 0.5) is 0 Å². The van der Waals surface area contributed by atoms with Gasteiger partial charge in [-0.2, -0.15) is 9.83 Å². The molecule has 1 fully saturated rings. The van der Waals surface area contributed by atoms with Crippen LogP contribution in [0.3, 0.4) is 0 Å². The standard InChI is InChI=1S/C19H17N3O3/c1-2-25-14-8-6-13(7-9-14)16-15(12-20)18(23)21-19(24)17(16)22-10-4-3-5-11-22/h3-11,15-17H,2H2,1H3/p+1/t15-,16-,17+/m1/s1. The Morgan fingerprint density at radius 2 is 1.80 bits per heavy atom. The number of nitriles is 1. The molecule has 25 heavy (non-hydrogen) atoms. The van der Waals surface area contributed by atoms with E-state index in [9.17, 15) is 14.9 Å². The van der Waals surface area contributed by atoms with Crippen molar-refractivity contribution in [1.29, 1.82) is 5.26 Å². The molecule has 0 unspecified atom stereocenters. The van der Waals surface area contributed by atoms with E-state index in [2.05, 4.69) is 11.4 Å². The van der Waals surface area contributed by atoms with Crippen LogP contribution in [0.5, 0.6) is 5.75 Å². The van der Waals surface area contributed by atoms with Gasteiger partial charge in [-0.15, -0.1) is 0 Å². The summed E-state index contributed by atoms with van der Waals surface area (Å²) >= 11 is 0. The number of rotatable bonds is 4. The predicted octanol–water partition coefficient (Wildman–Crippen LogP) is 1.49. The van der Waals surface area contributed by atoms with E-state index in [-0.39, 0.29) is 0 Å². The van der Waals surface area contributed by atoms with Crippen LogP contribution in [0.2, 0.25) is 0 Å². The van der Waals surface area contributed by atoms with E-state index in [1.807, 2.05) is 25.1 Å². The largest absolute Gasteiger partial charge is 0.494 e. The van der Waals surface area contributed by atoms with Gasteiger partial charge in [0, 0.05) is 12.1 Å². The summed E-state index contributed by atoms with van der Waals surface area (Å²) in [4.78, 5) is 24.7. The van der Waals surface area contributed by atoms with Crippen molar-refractivity contribution in [2.24, 2.45) is 5.92 Å². The van der Waals surface area contributed by atoms with Crippen LogP contribution in [0.25, 0.3) is 0 Å². The van der Waals surface area contributed by atoms with E-state index in [0.29, 0.717) is 12.4 Å². The summed E-state index contributed by atoms with van der Waals surface area (Å²) in [7, 11) is 0. The molecule has 0 spiro atoms. The summed E-state index contributed by atoms with van der Waals surface area (Å²) in [6.45, 7) is 2.44. The third-order valence-corrected chi connectivity index (χ3v) is 4.27. The zero-order valence-electron chi connectivity index (χ0n) is 13.8. The normalized spacial score (nSPS) is 22.8. The van der Waals surface area contributed by atoms with Crippen molar-refractivity contribution in [1.82, 2.24) is 5.32 Å². The minimum atomic E-state index is -0.951. The van der Waals surface area contributed by atoms with Crippen LogP contribution >= 0.6 is 0 Å². The molecule has 6 nitrogen and oxygen atoms in total. The number of nitrogens with one attached hydrogen (secondary N) is 1. The van der Waals surface area contributed by atoms with Gasteiger partial charge in [-0.3, -0.25) is 14.9 Å². The fraction of sp³-hybridized carbons (Fsp3) is 0.263. The average molecular weight is 336 g/mol. The molecule has 3 atom stereocenters. The Morgan fingerprint density at radius 3 is 2.40 bits per heavy atom. The molecule has 3 rings (SSSR count). The SMILES string of the molecule is CCOc1ccc([C@H]2[C@H]([n+]3ccccc3)C(=O)NC(=O)[C@@H]2C#N)cc1. The maximum Gasteiger partial charge on any atom is 0.296 e. The van der Waals surface area contributed by atoms with Crippen LogP contribution in [-0.2, 0) is 9.59 Å². The highest BCUT2D eigenvalue weighted by Gasteiger charge is 2.50. The summed E-state index contributed by atoms with van der Waals surface area (Å²) < 4.78 is 7.17. The first kappa shape index (κ1) is 16.7. The molecule has 0 aliphatic carbocycles. The molecule has 2 heterocycles. The molecule has 1 aromatic carbocycles. The molecule has 2 aromatic rings. The first-order valence-electron chi connectivity index (χ1n) is 8.08. The monoisotopic (exact) mass is 336 g/mol. The molecular formula is C19H18N3O3+. The van der Waals surface area contributed by atoms with Crippen molar-refractivity contribution in [3.63, 3.8) is 0 Å². The molecule has 126 valence electrons. The minimum Gasteiger partial charge on any atom is -0.494 e. The molecule has 6 heteroatoms. The fourth-order valence-electron chi connectivity index (χ4n) is 3.17. The van der Waals surface area contributed by atoms with Crippen molar-refractivity contribution in [2.45, 2.75) is 18.9 Å². The van der Waals surface area contributed by atoms with Crippen LogP contribution in [0.15, 0.2) is 54.9 Å². The van der Waals surface area contributed by atoms with E-state index in [1.165, 1.54) is 0 Å². The average Bonchev–Trinajstić information content (AvgIpc) is 2.63. The summed E-state index contributed by atoms with van der Waals surface area (Å²) in [5.41, 5.74) is 0.750. The molecule has 1 aromatic heterocycles. The molecule has 1 N–H and O–H groups in total. The summed E-state index contributed by atoms with van der Waals surface area (Å²) in [5.74, 6) is -1.79. The zero-order valence-corrected chi connectivity index (χ0v) is 13.8. The maximum atomic E-state index is 12.5. The van der Waals surface area contributed by atoms with E-state index in [0.717, 1.165) is 5.56 Å². The Bertz CT molecular complexity index is 812. The highest BCUT2D eigenvalue weighted by molar-refractivity contribution is 6.02. The van der Waals surface area contributed by atoms with Crippen molar-refractivity contribution in [3.05, 3.63) is 60.4 Å². The zero-order chi connectivity index (χ0) is 17.8. The van der Waals surface area contributed by atoms with Gasteiger partial charge in [0.2, 0.25) is 11.9 Å². The maximum absolute atomic E-state index is 12.5. The van der Waals surface area contributed by atoms with Crippen molar-refractivity contribution in [3.8, 4) is 11.8 Å². The van der Waals surface area contributed by atoms with Crippen LogP contribution in [0, 0.1) is 17.2 Å². The Morgan fingerprint density at radius 1 is 1.12 bits per heavy atom. The number of hydrogen-bond acceptors (Lipinski definition) is 4. The van der Waals surface area contributed by atoms with E-state index in [4.69, 9.17) is 4.74 Å². The van der Waals surface area contributed by atoms with Gasteiger partial charge in [0.1, 0.15) is 11.7 Å². The third kappa shape index (κ3) is 3.22. The molecule has 0 saturated carbocycles. The van der Waals surface area contributed by atoms with E-state index < -0.39 is 29.7 Å². The summed E-state index contributed by atoms with van der Waals surface area (Å²) in [5, 5.41) is 11.8. The first-order valence-corrected chi connectivity index (χ1v) is 8.08. The first-order chi connectivity index (χ1) is 12.2. The lowest BCUT2D eigenvalue weighted by Crippen LogP contribution is -2.59. The molecule has 1 aliphatic rings. The Labute approximate surface area is 145 Å². The topological polar surface area (TPSA) is 83.1 Å². The molecule has 0 radical (unpaired) electrons. The lowest BCUT2D eigenvalue weighted by Gasteiger charge is -2.30. The number of amides is 2. The number of carbonyl (C=O) groups is 2. The van der Waals surface area contributed by atoms with Crippen LogP contribution in [-0.4, -0.2) is 18.4 Å². The number of nitrogens with zero attached hydrogens (tertiary/aromatic N) is 2. The van der Waals surface area contributed by atoms with Gasteiger partial charge in [-0.05, 0) is 24.6 Å². The second kappa shape index (κ2) is 7.14. The molecule has 0 bridgehead atoms. The fourth-order valence-corrected chi connectivity index (χ4v) is 3.17. The lowest BCUT2D eigenvalue weighted by atomic mass is 9.77. The van der Waals surface area contributed by atoms with Gasteiger partial charge in [0.15, 0.2) is 12.4 Å². The van der Waals surface area contributed by atoms with Crippen LogP contribution in [0.1, 0.15) is 24.4 Å². The number of carbonyl (C=O) groups excluding carboxylic acids is 2. The Balaban J connectivity index is 2.06.